The van der Waals surface area contributed by atoms with Gasteiger partial charge in [-0.05, 0) is 37.6 Å². The number of ether oxygens (including phenoxy) is 2. The molecule has 2 rings (SSSR count). The summed E-state index contributed by atoms with van der Waals surface area (Å²) >= 11 is 5.98. The van der Waals surface area contributed by atoms with Gasteiger partial charge in [0.25, 0.3) is 5.91 Å². The largest absolute Gasteiger partial charge is 0.490 e. The van der Waals surface area contributed by atoms with E-state index in [-0.39, 0.29) is 18.3 Å². The topological polar surface area (TPSA) is 59.6 Å². The number of carbonyl (C=O) groups excluding carboxylic acids is 1. The van der Waals surface area contributed by atoms with E-state index in [0.29, 0.717) is 42.1 Å². The van der Waals surface area contributed by atoms with E-state index in [4.69, 9.17) is 21.1 Å². The first-order valence-electron chi connectivity index (χ1n) is 7.13. The first-order valence-corrected chi connectivity index (χ1v) is 7.51. The summed E-state index contributed by atoms with van der Waals surface area (Å²) in [5.74, 6) is 0.354. The number of amides is 1. The van der Waals surface area contributed by atoms with Crippen LogP contribution in [0, 0.1) is 0 Å². The van der Waals surface area contributed by atoms with Crippen LogP contribution in [-0.4, -0.2) is 45.4 Å². The minimum Gasteiger partial charge on any atom is -0.490 e. The molecule has 1 aliphatic rings. The van der Waals surface area contributed by atoms with Crippen LogP contribution in [0.1, 0.15) is 23.2 Å². The van der Waals surface area contributed by atoms with Crippen molar-refractivity contribution in [3.05, 3.63) is 28.8 Å². The number of hydrogen-bond donors (Lipinski definition) is 2. The second-order valence-corrected chi connectivity index (χ2v) is 5.42. The summed E-state index contributed by atoms with van der Waals surface area (Å²) in [6.07, 6.45) is 2.25. The molecule has 124 valence electrons. The zero-order valence-corrected chi connectivity index (χ0v) is 14.1. The highest BCUT2D eigenvalue weighted by Crippen LogP contribution is 2.23. The fourth-order valence-electron chi connectivity index (χ4n) is 2.28. The molecule has 0 aromatic heterocycles. The van der Waals surface area contributed by atoms with Crippen molar-refractivity contribution < 1.29 is 14.3 Å². The number of hydrogen-bond acceptors (Lipinski definition) is 4. The summed E-state index contributed by atoms with van der Waals surface area (Å²) in [4.78, 5) is 12.3. The van der Waals surface area contributed by atoms with E-state index >= 15 is 0 Å². The fourth-order valence-corrected chi connectivity index (χ4v) is 2.45. The Hall–Kier alpha value is -1.01. The summed E-state index contributed by atoms with van der Waals surface area (Å²) in [7, 11) is 1.60. The molecule has 1 amide bonds. The van der Waals surface area contributed by atoms with Crippen molar-refractivity contribution in [3.8, 4) is 5.75 Å². The van der Waals surface area contributed by atoms with E-state index in [1.54, 1.807) is 25.3 Å². The predicted molar refractivity (Wildman–Crippen MR) is 89.4 cm³/mol. The maximum atomic E-state index is 12.3. The van der Waals surface area contributed by atoms with E-state index in [1.807, 2.05) is 0 Å². The Morgan fingerprint density at radius 3 is 2.95 bits per heavy atom. The minimum atomic E-state index is -0.168. The quantitative estimate of drug-likeness (QED) is 0.742. The Labute approximate surface area is 142 Å². The van der Waals surface area contributed by atoms with Gasteiger partial charge in [-0.3, -0.25) is 4.79 Å². The summed E-state index contributed by atoms with van der Waals surface area (Å²) in [5, 5.41) is 6.78. The first-order chi connectivity index (χ1) is 10.2. The van der Waals surface area contributed by atoms with Gasteiger partial charge in [0.2, 0.25) is 0 Å². The van der Waals surface area contributed by atoms with Crippen LogP contribution >= 0.6 is 24.0 Å². The molecule has 1 heterocycles. The molecule has 1 aromatic carbocycles. The van der Waals surface area contributed by atoms with Crippen molar-refractivity contribution in [3.63, 3.8) is 0 Å². The van der Waals surface area contributed by atoms with Crippen LogP contribution in [0.2, 0.25) is 5.02 Å². The van der Waals surface area contributed by atoms with Gasteiger partial charge in [0, 0.05) is 24.7 Å². The average molecular weight is 349 g/mol. The van der Waals surface area contributed by atoms with Crippen LogP contribution in [-0.2, 0) is 4.74 Å². The zero-order chi connectivity index (χ0) is 15.1. The van der Waals surface area contributed by atoms with Gasteiger partial charge >= 0.3 is 0 Å². The third-order valence-electron chi connectivity index (χ3n) is 3.40. The maximum Gasteiger partial charge on any atom is 0.255 e. The van der Waals surface area contributed by atoms with E-state index in [9.17, 15) is 4.79 Å². The lowest BCUT2D eigenvalue weighted by Gasteiger charge is -2.14. The van der Waals surface area contributed by atoms with Crippen LogP contribution < -0.4 is 15.4 Å². The molecule has 0 aliphatic carbocycles. The molecule has 22 heavy (non-hydrogen) atoms. The molecule has 7 heteroatoms. The van der Waals surface area contributed by atoms with Gasteiger partial charge < -0.3 is 20.1 Å². The predicted octanol–water partition coefficient (Wildman–Crippen LogP) is 2.27. The van der Waals surface area contributed by atoms with Crippen molar-refractivity contribution in [2.45, 2.75) is 18.9 Å². The van der Waals surface area contributed by atoms with Gasteiger partial charge in [0.1, 0.15) is 12.4 Å². The van der Waals surface area contributed by atoms with E-state index in [2.05, 4.69) is 10.6 Å². The van der Waals surface area contributed by atoms with Gasteiger partial charge in [0.15, 0.2) is 0 Å². The monoisotopic (exact) mass is 348 g/mol. The lowest BCUT2D eigenvalue weighted by molar-refractivity contribution is 0.0942. The number of halogens is 2. The van der Waals surface area contributed by atoms with Crippen molar-refractivity contribution in [1.82, 2.24) is 10.6 Å². The van der Waals surface area contributed by atoms with Crippen molar-refractivity contribution in [2.24, 2.45) is 0 Å². The second-order valence-electron chi connectivity index (χ2n) is 4.99. The molecule has 1 aromatic rings. The number of nitrogens with one attached hydrogen (secondary N) is 2. The smallest absolute Gasteiger partial charge is 0.255 e. The Bertz CT molecular complexity index is 480. The summed E-state index contributed by atoms with van der Waals surface area (Å²) in [6, 6.07) is 5.40. The molecule has 1 aliphatic heterocycles. The molecular formula is C15H22Cl2N2O3. The molecule has 0 spiro atoms. The maximum absolute atomic E-state index is 12.3. The molecule has 0 radical (unpaired) electrons. The highest BCUT2D eigenvalue weighted by molar-refractivity contribution is 6.31. The highest BCUT2D eigenvalue weighted by atomic mass is 35.5. The highest BCUT2D eigenvalue weighted by Gasteiger charge is 2.17. The molecule has 5 nitrogen and oxygen atoms in total. The fraction of sp³-hybridized carbons (Fsp3) is 0.533. The summed E-state index contributed by atoms with van der Waals surface area (Å²) in [6.45, 7) is 2.49. The van der Waals surface area contributed by atoms with Crippen molar-refractivity contribution in [1.29, 1.82) is 0 Å². The standard InChI is InChI=1S/C15H21ClN2O3.ClH/c1-20-7-8-21-14-5-4-11(16)9-13(14)15(19)18-10-12-3-2-6-17-12;/h4-5,9,12,17H,2-3,6-8,10H2,1H3,(H,18,19);1H. The van der Waals surface area contributed by atoms with Crippen molar-refractivity contribution in [2.75, 3.05) is 33.4 Å². The van der Waals surface area contributed by atoms with Crippen LogP contribution in [0.25, 0.3) is 0 Å². The molecule has 1 fully saturated rings. The van der Waals surface area contributed by atoms with Crippen LogP contribution in [0.3, 0.4) is 0 Å². The third kappa shape index (κ3) is 5.65. The molecule has 0 bridgehead atoms. The average Bonchev–Trinajstić information content (AvgIpc) is 3.00. The normalized spacial score (nSPS) is 16.9. The summed E-state index contributed by atoms with van der Waals surface area (Å²) < 4.78 is 10.5. The lowest BCUT2D eigenvalue weighted by atomic mass is 10.1. The Balaban J connectivity index is 0.00000242. The van der Waals surface area contributed by atoms with Gasteiger partial charge in [0.05, 0.1) is 12.2 Å². The van der Waals surface area contributed by atoms with Crippen LogP contribution in [0.4, 0.5) is 0 Å². The second kappa shape index (κ2) is 9.90. The third-order valence-corrected chi connectivity index (χ3v) is 3.64. The number of methoxy groups -OCH3 is 1. The van der Waals surface area contributed by atoms with Crippen molar-refractivity contribution >= 4 is 29.9 Å². The number of rotatable bonds is 7. The Kier molecular flexibility index (Phi) is 8.56. The van der Waals surface area contributed by atoms with E-state index < -0.39 is 0 Å². The van der Waals surface area contributed by atoms with E-state index in [0.717, 1.165) is 19.4 Å². The van der Waals surface area contributed by atoms with Gasteiger partial charge in [-0.1, -0.05) is 11.6 Å². The number of benzene rings is 1. The van der Waals surface area contributed by atoms with Gasteiger partial charge in [-0.25, -0.2) is 0 Å². The molecule has 0 saturated carbocycles. The Morgan fingerprint density at radius 2 is 2.27 bits per heavy atom. The van der Waals surface area contributed by atoms with E-state index in [1.165, 1.54) is 0 Å². The lowest BCUT2D eigenvalue weighted by Crippen LogP contribution is -2.37. The van der Waals surface area contributed by atoms with Gasteiger partial charge in [-0.15, -0.1) is 12.4 Å². The molecule has 1 unspecified atom stereocenters. The molecular weight excluding hydrogens is 327 g/mol. The SMILES string of the molecule is COCCOc1ccc(Cl)cc1C(=O)NCC1CCCN1.Cl. The first kappa shape index (κ1) is 19.0. The molecule has 1 atom stereocenters. The zero-order valence-electron chi connectivity index (χ0n) is 12.6. The van der Waals surface area contributed by atoms with Gasteiger partial charge in [-0.2, -0.15) is 0 Å². The summed E-state index contributed by atoms with van der Waals surface area (Å²) in [5.41, 5.74) is 0.455. The number of carbonyl (C=O) groups is 1. The molecule has 1 saturated heterocycles. The molecule has 2 N–H and O–H groups in total. The van der Waals surface area contributed by atoms with Crippen LogP contribution in [0.5, 0.6) is 5.75 Å². The van der Waals surface area contributed by atoms with Crippen LogP contribution in [0.15, 0.2) is 18.2 Å². The Morgan fingerprint density at radius 1 is 1.45 bits per heavy atom. The minimum absolute atomic E-state index is 0.